The Morgan fingerprint density at radius 2 is 1.45 bits per heavy atom. The number of phenolic OH excluding ortho intramolecular Hbond substituents is 1. The molecule has 3 N–H and O–H groups in total. The monoisotopic (exact) mass is 277 g/mol. The lowest BCUT2D eigenvalue weighted by Crippen LogP contribution is -2.10. The molecule has 3 aliphatic rings. The van der Waals surface area contributed by atoms with Crippen molar-refractivity contribution in [1.29, 1.82) is 0 Å². The first-order chi connectivity index (χ1) is 9.70. The lowest BCUT2D eigenvalue weighted by molar-refractivity contribution is 0.395. The van der Waals surface area contributed by atoms with Gasteiger partial charge in [0.25, 0.3) is 0 Å². The van der Waals surface area contributed by atoms with Crippen LogP contribution in [0, 0.1) is 0 Å². The zero-order valence-corrected chi connectivity index (χ0v) is 11.3. The smallest absolute Gasteiger partial charge is 0.119 e. The molecule has 3 atom stereocenters. The molecule has 3 heterocycles. The molecular formula is C15H19NO4. The molecule has 20 heavy (non-hydrogen) atoms. The zero-order chi connectivity index (χ0) is 13.7. The fourth-order valence-corrected chi connectivity index (χ4v) is 2.73. The highest BCUT2D eigenvalue weighted by Crippen LogP contribution is 2.37. The minimum Gasteiger partial charge on any atom is -0.508 e. The summed E-state index contributed by atoms with van der Waals surface area (Å²) in [5.74, 6) is 0.334. The summed E-state index contributed by atoms with van der Waals surface area (Å²) in [5, 5.41) is 10.3. The zero-order valence-electron chi connectivity index (χ0n) is 11.3. The average Bonchev–Trinajstić information content (AvgIpc) is 3.22. The minimum atomic E-state index is 0.233. The van der Waals surface area contributed by atoms with Crippen LogP contribution in [-0.4, -0.2) is 43.2 Å². The van der Waals surface area contributed by atoms with Gasteiger partial charge in [-0.2, -0.15) is 0 Å². The third kappa shape index (κ3) is 2.61. The van der Waals surface area contributed by atoms with Crippen LogP contribution < -0.4 is 5.73 Å². The fraction of sp³-hybridized carbons (Fsp3) is 0.600. The molecule has 108 valence electrons. The SMILES string of the molecule is Nc1c(CC2CO2)cc(O)c(CC2CO2)c1CC1CO1. The van der Waals surface area contributed by atoms with E-state index in [2.05, 4.69) is 0 Å². The van der Waals surface area contributed by atoms with E-state index in [1.807, 2.05) is 0 Å². The van der Waals surface area contributed by atoms with Crippen molar-refractivity contribution >= 4 is 5.69 Å². The second-order valence-electron chi connectivity index (χ2n) is 5.90. The van der Waals surface area contributed by atoms with Crippen molar-refractivity contribution in [2.75, 3.05) is 25.6 Å². The Balaban J connectivity index is 1.68. The van der Waals surface area contributed by atoms with Gasteiger partial charge >= 0.3 is 0 Å². The molecule has 0 bridgehead atoms. The molecule has 3 aliphatic heterocycles. The van der Waals surface area contributed by atoms with Gasteiger partial charge in [0.15, 0.2) is 0 Å². The van der Waals surface area contributed by atoms with Crippen molar-refractivity contribution in [2.24, 2.45) is 0 Å². The second-order valence-corrected chi connectivity index (χ2v) is 5.90. The molecule has 3 fully saturated rings. The molecule has 0 aliphatic carbocycles. The molecule has 0 spiro atoms. The standard InChI is InChI=1S/C15H19NO4/c16-15-8(1-9-5-18-9)2-14(17)12(3-10-6-19-10)13(15)4-11-7-20-11/h2,9-11,17H,1,3-7,16H2. The van der Waals surface area contributed by atoms with Crippen molar-refractivity contribution in [3.8, 4) is 5.75 Å². The number of hydrogen-bond donors (Lipinski definition) is 2. The fourth-order valence-electron chi connectivity index (χ4n) is 2.73. The Morgan fingerprint density at radius 3 is 2.00 bits per heavy atom. The van der Waals surface area contributed by atoms with Gasteiger partial charge in [0.2, 0.25) is 0 Å². The Bertz CT molecular complexity index is 533. The summed E-state index contributed by atoms with van der Waals surface area (Å²) in [6.45, 7) is 2.35. The summed E-state index contributed by atoms with van der Waals surface area (Å²) < 4.78 is 15.9. The van der Waals surface area contributed by atoms with Crippen molar-refractivity contribution in [3.05, 3.63) is 22.8 Å². The van der Waals surface area contributed by atoms with Gasteiger partial charge in [-0.3, -0.25) is 0 Å². The number of epoxide rings is 3. The van der Waals surface area contributed by atoms with Gasteiger partial charge in [0.1, 0.15) is 5.75 Å². The Labute approximate surface area is 117 Å². The highest BCUT2D eigenvalue weighted by atomic mass is 16.6. The van der Waals surface area contributed by atoms with Gasteiger partial charge in [0, 0.05) is 30.5 Å². The maximum absolute atomic E-state index is 10.3. The average molecular weight is 277 g/mol. The van der Waals surface area contributed by atoms with Gasteiger partial charge in [0.05, 0.1) is 38.1 Å². The maximum atomic E-state index is 10.3. The maximum Gasteiger partial charge on any atom is 0.119 e. The van der Waals surface area contributed by atoms with Crippen molar-refractivity contribution < 1.29 is 19.3 Å². The van der Waals surface area contributed by atoms with Crippen LogP contribution in [0.5, 0.6) is 5.75 Å². The van der Waals surface area contributed by atoms with E-state index in [0.29, 0.717) is 5.75 Å². The van der Waals surface area contributed by atoms with Crippen molar-refractivity contribution in [3.63, 3.8) is 0 Å². The normalized spacial score (nSPS) is 30.3. The molecule has 0 radical (unpaired) electrons. The van der Waals surface area contributed by atoms with E-state index >= 15 is 0 Å². The number of benzene rings is 1. The lowest BCUT2D eigenvalue weighted by atomic mass is 9.92. The lowest BCUT2D eigenvalue weighted by Gasteiger charge is -2.17. The molecule has 0 saturated carbocycles. The third-order valence-corrected chi connectivity index (χ3v) is 4.17. The number of nitrogen functional groups attached to an aromatic ring is 1. The van der Waals surface area contributed by atoms with E-state index in [9.17, 15) is 5.11 Å². The van der Waals surface area contributed by atoms with Gasteiger partial charge < -0.3 is 25.1 Å². The Kier molecular flexibility index (Phi) is 2.87. The summed E-state index contributed by atoms with van der Waals surface area (Å²) in [6.07, 6.45) is 3.04. The van der Waals surface area contributed by atoms with Crippen LogP contribution in [0.15, 0.2) is 6.07 Å². The van der Waals surface area contributed by atoms with Crippen LogP contribution in [0.4, 0.5) is 5.69 Å². The van der Waals surface area contributed by atoms with Crippen LogP contribution >= 0.6 is 0 Å². The molecule has 4 rings (SSSR count). The first kappa shape index (κ1) is 12.4. The molecule has 5 heteroatoms. The van der Waals surface area contributed by atoms with Crippen LogP contribution in [-0.2, 0) is 33.5 Å². The van der Waals surface area contributed by atoms with E-state index < -0.39 is 0 Å². The number of anilines is 1. The molecule has 0 amide bonds. The first-order valence-electron chi connectivity index (χ1n) is 7.17. The Morgan fingerprint density at radius 1 is 0.950 bits per heavy atom. The number of hydrogen-bond acceptors (Lipinski definition) is 5. The van der Waals surface area contributed by atoms with Crippen molar-refractivity contribution in [1.82, 2.24) is 0 Å². The largest absolute Gasteiger partial charge is 0.508 e. The molecule has 0 aromatic heterocycles. The summed E-state index contributed by atoms with van der Waals surface area (Å²) in [7, 11) is 0. The van der Waals surface area contributed by atoms with Gasteiger partial charge in [-0.25, -0.2) is 0 Å². The predicted molar refractivity (Wildman–Crippen MR) is 72.9 cm³/mol. The quantitative estimate of drug-likeness (QED) is 0.456. The number of ether oxygens (including phenoxy) is 3. The molecule has 1 aromatic carbocycles. The Hall–Kier alpha value is -1.30. The van der Waals surface area contributed by atoms with Gasteiger partial charge in [-0.15, -0.1) is 0 Å². The highest BCUT2D eigenvalue weighted by molar-refractivity contribution is 5.62. The molecular weight excluding hydrogens is 258 g/mol. The highest BCUT2D eigenvalue weighted by Gasteiger charge is 2.32. The van der Waals surface area contributed by atoms with E-state index in [1.54, 1.807) is 6.07 Å². The summed E-state index contributed by atoms with van der Waals surface area (Å²) in [4.78, 5) is 0. The van der Waals surface area contributed by atoms with E-state index in [0.717, 1.165) is 61.5 Å². The summed E-state index contributed by atoms with van der Waals surface area (Å²) in [6, 6.07) is 1.80. The summed E-state index contributed by atoms with van der Waals surface area (Å²) in [5.41, 5.74) is 10.1. The topological polar surface area (TPSA) is 83.8 Å². The molecule has 3 unspecified atom stereocenters. The minimum absolute atomic E-state index is 0.233. The number of nitrogens with two attached hydrogens (primary N) is 1. The molecule has 3 saturated heterocycles. The van der Waals surface area contributed by atoms with Crippen molar-refractivity contribution in [2.45, 2.75) is 37.6 Å². The third-order valence-electron chi connectivity index (χ3n) is 4.17. The van der Waals surface area contributed by atoms with Crippen LogP contribution in [0.3, 0.4) is 0 Å². The molecule has 1 aromatic rings. The predicted octanol–water partition coefficient (Wildman–Crippen LogP) is 0.798. The van der Waals surface area contributed by atoms with Gasteiger partial charge in [-0.1, -0.05) is 0 Å². The van der Waals surface area contributed by atoms with E-state index in [-0.39, 0.29) is 18.3 Å². The number of rotatable bonds is 6. The second kappa shape index (κ2) is 4.62. The van der Waals surface area contributed by atoms with E-state index in [4.69, 9.17) is 19.9 Å². The molecule has 5 nitrogen and oxygen atoms in total. The van der Waals surface area contributed by atoms with Gasteiger partial charge in [-0.05, 0) is 17.2 Å². The van der Waals surface area contributed by atoms with Crippen LogP contribution in [0.25, 0.3) is 0 Å². The number of aromatic hydroxyl groups is 1. The number of phenols is 1. The van der Waals surface area contributed by atoms with Crippen LogP contribution in [0.2, 0.25) is 0 Å². The van der Waals surface area contributed by atoms with E-state index in [1.165, 1.54) is 0 Å². The summed E-state index contributed by atoms with van der Waals surface area (Å²) >= 11 is 0. The first-order valence-corrected chi connectivity index (χ1v) is 7.17. The van der Waals surface area contributed by atoms with Crippen LogP contribution in [0.1, 0.15) is 16.7 Å².